The van der Waals surface area contributed by atoms with E-state index in [4.69, 9.17) is 10.5 Å². The molecule has 0 aromatic heterocycles. The molecular formula is C12H19NOS. The molecule has 84 valence electrons. The summed E-state index contributed by atoms with van der Waals surface area (Å²) in [6.07, 6.45) is 0. The molecular weight excluding hydrogens is 206 g/mol. The van der Waals surface area contributed by atoms with Crippen molar-refractivity contribution in [2.75, 3.05) is 7.11 Å². The molecule has 0 heterocycles. The van der Waals surface area contributed by atoms with Crippen LogP contribution in [0.1, 0.15) is 37.3 Å². The molecule has 1 rings (SSSR count). The zero-order valence-electron chi connectivity index (χ0n) is 9.74. The van der Waals surface area contributed by atoms with Gasteiger partial charge in [0.15, 0.2) is 0 Å². The van der Waals surface area contributed by atoms with Gasteiger partial charge in [0.05, 0.1) is 12.5 Å². The fourth-order valence-electron chi connectivity index (χ4n) is 1.50. The number of nitrogens with two attached hydrogens (primary N) is 1. The Morgan fingerprint density at radius 1 is 1.33 bits per heavy atom. The van der Waals surface area contributed by atoms with Gasteiger partial charge in [-0.3, -0.25) is 0 Å². The van der Waals surface area contributed by atoms with Crippen LogP contribution < -0.4 is 10.5 Å². The van der Waals surface area contributed by atoms with Gasteiger partial charge in [0, 0.05) is 0 Å². The van der Waals surface area contributed by atoms with Crippen LogP contribution in [-0.2, 0) is 5.41 Å². The molecule has 15 heavy (non-hydrogen) atoms. The van der Waals surface area contributed by atoms with Crippen LogP contribution in [0.4, 0.5) is 0 Å². The van der Waals surface area contributed by atoms with Gasteiger partial charge in [-0.05, 0) is 28.7 Å². The molecule has 0 saturated heterocycles. The predicted molar refractivity (Wildman–Crippen MR) is 67.6 cm³/mol. The van der Waals surface area contributed by atoms with Crippen LogP contribution in [0.2, 0.25) is 0 Å². The predicted octanol–water partition coefficient (Wildman–Crippen LogP) is 2.88. The minimum Gasteiger partial charge on any atom is -0.496 e. The van der Waals surface area contributed by atoms with E-state index in [9.17, 15) is 0 Å². The fraction of sp³-hybridized carbons (Fsp3) is 0.500. The van der Waals surface area contributed by atoms with E-state index in [1.165, 1.54) is 0 Å². The molecule has 0 aliphatic heterocycles. The van der Waals surface area contributed by atoms with E-state index < -0.39 is 0 Å². The van der Waals surface area contributed by atoms with E-state index in [2.05, 4.69) is 39.5 Å². The highest BCUT2D eigenvalue weighted by Gasteiger charge is 2.19. The number of thiol groups is 1. The van der Waals surface area contributed by atoms with Gasteiger partial charge in [-0.25, -0.2) is 0 Å². The topological polar surface area (TPSA) is 35.2 Å². The molecule has 1 unspecified atom stereocenters. The Bertz CT molecular complexity index is 342. The molecule has 0 aliphatic carbocycles. The SMILES string of the molecule is COc1ccc(C(N)S)cc1C(C)(C)C. The van der Waals surface area contributed by atoms with E-state index in [0.29, 0.717) is 0 Å². The highest BCUT2D eigenvalue weighted by atomic mass is 32.1. The van der Waals surface area contributed by atoms with Crippen molar-refractivity contribution in [3.8, 4) is 5.75 Å². The Morgan fingerprint density at radius 2 is 1.93 bits per heavy atom. The number of hydrogen-bond donors (Lipinski definition) is 2. The molecule has 0 aliphatic rings. The van der Waals surface area contributed by atoms with Crippen molar-refractivity contribution in [3.63, 3.8) is 0 Å². The van der Waals surface area contributed by atoms with Gasteiger partial charge in [-0.15, -0.1) is 0 Å². The summed E-state index contributed by atoms with van der Waals surface area (Å²) in [5, 5.41) is -0.239. The Kier molecular flexibility index (Phi) is 3.68. The second-order valence-corrected chi connectivity index (χ2v) is 5.21. The normalized spacial score (nSPS) is 13.7. The minimum absolute atomic E-state index is 0.0457. The van der Waals surface area contributed by atoms with Crippen LogP contribution in [-0.4, -0.2) is 7.11 Å². The summed E-state index contributed by atoms with van der Waals surface area (Å²) in [6.45, 7) is 6.45. The summed E-state index contributed by atoms with van der Waals surface area (Å²) >= 11 is 4.23. The maximum absolute atomic E-state index is 5.74. The fourth-order valence-corrected chi connectivity index (χ4v) is 1.66. The van der Waals surface area contributed by atoms with Crippen molar-refractivity contribution in [1.29, 1.82) is 0 Å². The number of rotatable bonds is 2. The van der Waals surface area contributed by atoms with Gasteiger partial charge in [0.25, 0.3) is 0 Å². The summed E-state index contributed by atoms with van der Waals surface area (Å²) in [5.41, 5.74) is 7.96. The smallest absolute Gasteiger partial charge is 0.122 e. The summed E-state index contributed by atoms with van der Waals surface area (Å²) < 4.78 is 5.34. The van der Waals surface area contributed by atoms with Crippen LogP contribution in [0.15, 0.2) is 18.2 Å². The van der Waals surface area contributed by atoms with Crippen molar-refractivity contribution in [3.05, 3.63) is 29.3 Å². The third-order valence-electron chi connectivity index (χ3n) is 2.37. The van der Waals surface area contributed by atoms with Crippen LogP contribution in [0.25, 0.3) is 0 Å². The third kappa shape index (κ3) is 2.89. The third-order valence-corrected chi connectivity index (χ3v) is 2.67. The minimum atomic E-state index is -0.239. The van der Waals surface area contributed by atoms with Crippen LogP contribution in [0.5, 0.6) is 5.75 Å². The molecule has 0 spiro atoms. The first-order chi connectivity index (χ1) is 6.86. The lowest BCUT2D eigenvalue weighted by Crippen LogP contribution is -2.14. The van der Waals surface area contributed by atoms with Gasteiger partial charge in [-0.2, -0.15) is 12.6 Å². The van der Waals surface area contributed by atoms with Gasteiger partial charge >= 0.3 is 0 Å². The highest BCUT2D eigenvalue weighted by molar-refractivity contribution is 7.80. The average Bonchev–Trinajstić information content (AvgIpc) is 2.15. The van der Waals surface area contributed by atoms with E-state index in [1.54, 1.807) is 7.11 Å². The van der Waals surface area contributed by atoms with E-state index >= 15 is 0 Å². The summed E-state index contributed by atoms with van der Waals surface area (Å²) in [4.78, 5) is 0. The van der Waals surface area contributed by atoms with E-state index in [0.717, 1.165) is 16.9 Å². The van der Waals surface area contributed by atoms with Crippen molar-refractivity contribution < 1.29 is 4.74 Å². The zero-order valence-corrected chi connectivity index (χ0v) is 10.6. The summed E-state index contributed by atoms with van der Waals surface area (Å²) in [7, 11) is 1.69. The van der Waals surface area contributed by atoms with Gasteiger partial charge in [0.1, 0.15) is 5.75 Å². The molecule has 0 radical (unpaired) electrons. The monoisotopic (exact) mass is 225 g/mol. The quantitative estimate of drug-likeness (QED) is 0.599. The standard InChI is InChI=1S/C12H19NOS/c1-12(2,3)9-7-8(11(13)15)5-6-10(9)14-4/h5-7,11,15H,13H2,1-4H3. The second kappa shape index (κ2) is 4.45. The largest absolute Gasteiger partial charge is 0.496 e. The molecule has 0 saturated carbocycles. The van der Waals surface area contributed by atoms with E-state index in [-0.39, 0.29) is 10.8 Å². The average molecular weight is 225 g/mol. The lowest BCUT2D eigenvalue weighted by atomic mass is 9.85. The molecule has 3 heteroatoms. The molecule has 0 amide bonds. The molecule has 1 atom stereocenters. The Hall–Kier alpha value is -0.670. The molecule has 0 bridgehead atoms. The molecule has 1 aromatic rings. The number of hydrogen-bond acceptors (Lipinski definition) is 3. The van der Waals surface area contributed by atoms with Gasteiger partial charge in [-0.1, -0.05) is 26.8 Å². The van der Waals surface area contributed by atoms with Crippen LogP contribution in [0, 0.1) is 0 Å². The van der Waals surface area contributed by atoms with Crippen molar-refractivity contribution in [2.24, 2.45) is 5.73 Å². The molecule has 2 nitrogen and oxygen atoms in total. The number of benzene rings is 1. The Labute approximate surface area is 97.2 Å². The molecule has 1 aromatic carbocycles. The Balaban J connectivity index is 3.26. The summed E-state index contributed by atoms with van der Waals surface area (Å²) in [6, 6.07) is 5.97. The first-order valence-corrected chi connectivity index (χ1v) is 5.50. The number of ether oxygens (including phenoxy) is 1. The first kappa shape index (κ1) is 12.4. The summed E-state index contributed by atoms with van der Waals surface area (Å²) in [5.74, 6) is 0.903. The second-order valence-electron chi connectivity index (χ2n) is 4.65. The maximum atomic E-state index is 5.74. The van der Waals surface area contributed by atoms with Gasteiger partial charge < -0.3 is 10.5 Å². The first-order valence-electron chi connectivity index (χ1n) is 4.98. The Morgan fingerprint density at radius 3 is 2.33 bits per heavy atom. The van der Waals surface area contributed by atoms with Crippen LogP contribution in [0.3, 0.4) is 0 Å². The lowest BCUT2D eigenvalue weighted by Gasteiger charge is -2.23. The van der Waals surface area contributed by atoms with Crippen molar-refractivity contribution >= 4 is 12.6 Å². The maximum Gasteiger partial charge on any atom is 0.122 e. The molecule has 0 fully saturated rings. The van der Waals surface area contributed by atoms with Crippen LogP contribution >= 0.6 is 12.6 Å². The van der Waals surface area contributed by atoms with E-state index in [1.807, 2.05) is 12.1 Å². The van der Waals surface area contributed by atoms with Gasteiger partial charge in [0.2, 0.25) is 0 Å². The van der Waals surface area contributed by atoms with Crippen molar-refractivity contribution in [2.45, 2.75) is 31.6 Å². The molecule has 2 N–H and O–H groups in total. The lowest BCUT2D eigenvalue weighted by molar-refractivity contribution is 0.397. The number of methoxy groups -OCH3 is 1. The highest BCUT2D eigenvalue weighted by Crippen LogP contribution is 2.33. The zero-order chi connectivity index (χ0) is 11.6. The van der Waals surface area contributed by atoms with Crippen molar-refractivity contribution in [1.82, 2.24) is 0 Å².